The van der Waals surface area contributed by atoms with E-state index in [9.17, 15) is 0 Å². The van der Waals surface area contributed by atoms with E-state index in [0.717, 1.165) is 34.6 Å². The third-order valence-corrected chi connectivity index (χ3v) is 4.30. The second-order valence-corrected chi connectivity index (χ2v) is 6.00. The molecule has 0 fully saturated rings. The van der Waals surface area contributed by atoms with Gasteiger partial charge in [0.05, 0.1) is 20.9 Å². The summed E-state index contributed by atoms with van der Waals surface area (Å²) in [5, 5.41) is 8.21. The maximum atomic E-state index is 6.32. The van der Waals surface area contributed by atoms with Crippen molar-refractivity contribution in [2.24, 2.45) is 7.05 Å². The molecule has 0 aliphatic heterocycles. The van der Waals surface area contributed by atoms with Crippen LogP contribution in [-0.4, -0.2) is 16.8 Å². The van der Waals surface area contributed by atoms with Gasteiger partial charge in [0, 0.05) is 13.6 Å². The number of nitrogens with zero attached hydrogens (tertiary/aromatic N) is 2. The molecule has 0 saturated carbocycles. The van der Waals surface area contributed by atoms with E-state index >= 15 is 0 Å². The van der Waals surface area contributed by atoms with E-state index < -0.39 is 0 Å². The number of ether oxygens (including phenoxy) is 1. The normalized spacial score (nSPS) is 10.9. The van der Waals surface area contributed by atoms with Gasteiger partial charge in [-0.15, -0.1) is 0 Å². The van der Waals surface area contributed by atoms with Gasteiger partial charge in [0.2, 0.25) is 0 Å². The third kappa shape index (κ3) is 3.78. The predicted octanol–water partition coefficient (Wildman–Crippen LogP) is 3.70. The van der Waals surface area contributed by atoms with Gasteiger partial charge in [0.15, 0.2) is 0 Å². The second kappa shape index (κ2) is 7.29. The maximum Gasteiger partial charge on any atom is 0.134 e. The first-order chi connectivity index (χ1) is 10.1. The fourth-order valence-electron chi connectivity index (χ4n) is 2.10. The SMILES string of the molecule is CCc1nn(C)c(COc2ccc(CNC)cc2Br)c1Cl. The number of rotatable bonds is 6. The van der Waals surface area contributed by atoms with Crippen molar-refractivity contribution >= 4 is 27.5 Å². The van der Waals surface area contributed by atoms with Gasteiger partial charge in [-0.05, 0) is 47.1 Å². The standard InChI is InChI=1S/C15H19BrClN3O/c1-4-12-15(17)13(20(3)19-12)9-21-14-6-5-10(8-18-2)7-11(14)16/h5-7,18H,4,8-9H2,1-3H3. The molecule has 0 unspecified atom stereocenters. The van der Waals surface area contributed by atoms with Crippen LogP contribution in [0.2, 0.25) is 5.02 Å². The predicted molar refractivity (Wildman–Crippen MR) is 88.8 cm³/mol. The molecule has 21 heavy (non-hydrogen) atoms. The molecular weight excluding hydrogens is 354 g/mol. The summed E-state index contributed by atoms with van der Waals surface area (Å²) in [4.78, 5) is 0. The molecule has 0 aliphatic carbocycles. The van der Waals surface area contributed by atoms with Crippen molar-refractivity contribution in [3.63, 3.8) is 0 Å². The Hall–Kier alpha value is -1.04. The van der Waals surface area contributed by atoms with Gasteiger partial charge in [-0.1, -0.05) is 24.6 Å². The lowest BCUT2D eigenvalue weighted by molar-refractivity contribution is 0.293. The zero-order chi connectivity index (χ0) is 15.4. The first-order valence-corrected chi connectivity index (χ1v) is 8.00. The fraction of sp³-hybridized carbons (Fsp3) is 0.400. The van der Waals surface area contributed by atoms with Gasteiger partial charge in [0.25, 0.3) is 0 Å². The number of aryl methyl sites for hydroxylation is 2. The molecule has 0 radical (unpaired) electrons. The van der Waals surface area contributed by atoms with Crippen molar-refractivity contribution in [1.82, 2.24) is 15.1 Å². The Bertz CT molecular complexity index is 628. The summed E-state index contributed by atoms with van der Waals surface area (Å²) in [6, 6.07) is 6.05. The average Bonchev–Trinajstić information content (AvgIpc) is 2.73. The Morgan fingerprint density at radius 1 is 1.43 bits per heavy atom. The topological polar surface area (TPSA) is 39.1 Å². The monoisotopic (exact) mass is 371 g/mol. The van der Waals surface area contributed by atoms with Gasteiger partial charge in [-0.3, -0.25) is 4.68 Å². The molecule has 0 aliphatic rings. The molecule has 2 aromatic rings. The summed E-state index contributed by atoms with van der Waals surface area (Å²) in [6.45, 7) is 3.26. The van der Waals surface area contributed by atoms with Crippen LogP contribution in [0.4, 0.5) is 0 Å². The minimum Gasteiger partial charge on any atom is -0.486 e. The van der Waals surface area contributed by atoms with Crippen LogP contribution < -0.4 is 10.1 Å². The molecule has 1 heterocycles. The van der Waals surface area contributed by atoms with Gasteiger partial charge in [0.1, 0.15) is 12.4 Å². The molecule has 0 atom stereocenters. The van der Waals surface area contributed by atoms with Crippen molar-refractivity contribution in [2.75, 3.05) is 7.05 Å². The highest BCUT2D eigenvalue weighted by Crippen LogP contribution is 2.28. The number of benzene rings is 1. The maximum absolute atomic E-state index is 6.32. The van der Waals surface area contributed by atoms with Crippen LogP contribution in [0.25, 0.3) is 0 Å². The highest BCUT2D eigenvalue weighted by atomic mass is 79.9. The minimum absolute atomic E-state index is 0.395. The van der Waals surface area contributed by atoms with E-state index in [-0.39, 0.29) is 0 Å². The lowest BCUT2D eigenvalue weighted by Gasteiger charge is -2.10. The van der Waals surface area contributed by atoms with Crippen LogP contribution in [0.5, 0.6) is 5.75 Å². The van der Waals surface area contributed by atoms with E-state index in [4.69, 9.17) is 16.3 Å². The van der Waals surface area contributed by atoms with Crippen LogP contribution in [0.15, 0.2) is 22.7 Å². The molecule has 1 aromatic carbocycles. The lowest BCUT2D eigenvalue weighted by Crippen LogP contribution is -2.06. The Labute approximate surface area is 138 Å². The number of aromatic nitrogens is 2. The molecule has 2 rings (SSSR count). The van der Waals surface area contributed by atoms with Gasteiger partial charge < -0.3 is 10.1 Å². The van der Waals surface area contributed by atoms with Crippen molar-refractivity contribution < 1.29 is 4.74 Å². The number of nitrogens with one attached hydrogen (secondary N) is 1. The van der Waals surface area contributed by atoms with Crippen molar-refractivity contribution in [3.05, 3.63) is 44.6 Å². The molecule has 6 heteroatoms. The lowest BCUT2D eigenvalue weighted by atomic mass is 10.2. The average molecular weight is 373 g/mol. The highest BCUT2D eigenvalue weighted by molar-refractivity contribution is 9.10. The van der Waals surface area contributed by atoms with Crippen molar-refractivity contribution in [2.45, 2.75) is 26.5 Å². The summed E-state index contributed by atoms with van der Waals surface area (Å²) in [5.74, 6) is 0.796. The molecule has 0 amide bonds. The van der Waals surface area contributed by atoms with Gasteiger partial charge >= 0.3 is 0 Å². The first kappa shape index (κ1) is 16.3. The molecule has 0 spiro atoms. The zero-order valence-electron chi connectivity index (χ0n) is 12.4. The summed E-state index contributed by atoms with van der Waals surface area (Å²) in [7, 11) is 3.81. The highest BCUT2D eigenvalue weighted by Gasteiger charge is 2.14. The smallest absolute Gasteiger partial charge is 0.134 e. The van der Waals surface area contributed by atoms with E-state index in [0.29, 0.717) is 11.6 Å². The van der Waals surface area contributed by atoms with Crippen LogP contribution >= 0.6 is 27.5 Å². The van der Waals surface area contributed by atoms with E-state index in [2.05, 4.69) is 26.3 Å². The van der Waals surface area contributed by atoms with E-state index in [1.165, 1.54) is 5.56 Å². The number of hydrogen-bond donors (Lipinski definition) is 1. The van der Waals surface area contributed by atoms with Crippen LogP contribution in [0.3, 0.4) is 0 Å². The quantitative estimate of drug-likeness (QED) is 0.840. The Morgan fingerprint density at radius 3 is 2.76 bits per heavy atom. The van der Waals surface area contributed by atoms with Crippen molar-refractivity contribution in [3.8, 4) is 5.75 Å². The summed E-state index contributed by atoms with van der Waals surface area (Å²) in [6.07, 6.45) is 0.815. The first-order valence-electron chi connectivity index (χ1n) is 6.82. The fourth-order valence-corrected chi connectivity index (χ4v) is 2.99. The van der Waals surface area contributed by atoms with Crippen LogP contribution in [0, 0.1) is 0 Å². The molecule has 114 valence electrons. The molecule has 0 bridgehead atoms. The third-order valence-electron chi connectivity index (χ3n) is 3.24. The Balaban J connectivity index is 2.11. The molecule has 1 N–H and O–H groups in total. The van der Waals surface area contributed by atoms with Crippen LogP contribution in [-0.2, 0) is 26.6 Å². The van der Waals surface area contributed by atoms with E-state index in [1.807, 2.05) is 39.2 Å². The van der Waals surface area contributed by atoms with Gasteiger partial charge in [-0.2, -0.15) is 5.10 Å². The Kier molecular flexibility index (Phi) is 5.67. The number of hydrogen-bond acceptors (Lipinski definition) is 3. The summed E-state index contributed by atoms with van der Waals surface area (Å²) >= 11 is 9.86. The minimum atomic E-state index is 0.395. The summed E-state index contributed by atoms with van der Waals surface area (Å²) in [5.41, 5.74) is 2.99. The molecule has 0 saturated heterocycles. The number of halogens is 2. The molecule has 1 aromatic heterocycles. The summed E-state index contributed by atoms with van der Waals surface area (Å²) < 4.78 is 8.58. The molecular formula is C15H19BrClN3O. The largest absolute Gasteiger partial charge is 0.486 e. The Morgan fingerprint density at radius 2 is 2.19 bits per heavy atom. The second-order valence-electron chi connectivity index (χ2n) is 4.77. The van der Waals surface area contributed by atoms with Crippen LogP contribution in [0.1, 0.15) is 23.9 Å². The van der Waals surface area contributed by atoms with Gasteiger partial charge in [-0.25, -0.2) is 0 Å². The molecule has 4 nitrogen and oxygen atoms in total. The van der Waals surface area contributed by atoms with E-state index in [1.54, 1.807) is 4.68 Å². The van der Waals surface area contributed by atoms with Crippen molar-refractivity contribution in [1.29, 1.82) is 0 Å². The zero-order valence-corrected chi connectivity index (χ0v) is 14.8.